The molecule has 3 heterocycles. The lowest BCUT2D eigenvalue weighted by molar-refractivity contribution is -0.0498. The van der Waals surface area contributed by atoms with Crippen LogP contribution in [0.1, 0.15) is 44.1 Å². The van der Waals surface area contributed by atoms with Gasteiger partial charge in [-0.15, -0.1) is 0 Å². The Morgan fingerprint density at radius 2 is 1.94 bits per heavy atom. The Hall–Kier alpha value is -3.19. The zero-order valence-corrected chi connectivity index (χ0v) is 20.7. The summed E-state index contributed by atoms with van der Waals surface area (Å²) in [5.74, 6) is -1.97. The van der Waals surface area contributed by atoms with Crippen LogP contribution in [-0.2, 0) is 9.84 Å². The number of amides is 1. The molecule has 194 valence electrons. The highest BCUT2D eigenvalue weighted by Crippen LogP contribution is 2.35. The normalized spacial score (nSPS) is 17.6. The molecule has 36 heavy (non-hydrogen) atoms. The molecule has 4 rings (SSSR count). The SMILES string of the molecule is CC(n1nc(-c2cc(OC(F)F)ccc2F)c2ncc(C(=O)NC3(C)CS(=O)(=O)C3)cc21)C(C)(C)O. The largest absolute Gasteiger partial charge is 0.435 e. The summed E-state index contributed by atoms with van der Waals surface area (Å²) in [7, 11) is -3.19. The minimum atomic E-state index is -3.19. The maximum Gasteiger partial charge on any atom is 0.387 e. The quantitative estimate of drug-likeness (QED) is 0.485. The predicted octanol–water partition coefficient (Wildman–Crippen LogP) is 3.09. The number of halogens is 3. The van der Waals surface area contributed by atoms with Crippen LogP contribution in [0.15, 0.2) is 30.5 Å². The number of benzene rings is 1. The van der Waals surface area contributed by atoms with E-state index in [0.717, 1.165) is 18.2 Å². The van der Waals surface area contributed by atoms with E-state index in [1.54, 1.807) is 27.7 Å². The van der Waals surface area contributed by atoms with E-state index in [1.165, 1.54) is 16.9 Å². The molecule has 1 amide bonds. The van der Waals surface area contributed by atoms with Gasteiger partial charge in [0.15, 0.2) is 9.84 Å². The molecule has 2 aromatic heterocycles. The Labute approximate surface area is 205 Å². The van der Waals surface area contributed by atoms with E-state index in [-0.39, 0.29) is 45.1 Å². The number of nitrogens with zero attached hydrogens (tertiary/aromatic N) is 3. The summed E-state index contributed by atoms with van der Waals surface area (Å²) >= 11 is 0. The summed E-state index contributed by atoms with van der Waals surface area (Å²) in [5, 5.41) is 17.7. The average Bonchev–Trinajstić information content (AvgIpc) is 3.10. The maximum atomic E-state index is 14.8. The van der Waals surface area contributed by atoms with Gasteiger partial charge in [0.2, 0.25) is 0 Å². The topological polar surface area (TPSA) is 123 Å². The van der Waals surface area contributed by atoms with Crippen LogP contribution in [0.4, 0.5) is 13.2 Å². The predicted molar refractivity (Wildman–Crippen MR) is 125 cm³/mol. The molecule has 0 aliphatic carbocycles. The van der Waals surface area contributed by atoms with Gasteiger partial charge in [0.05, 0.1) is 39.8 Å². The molecule has 0 bridgehead atoms. The highest BCUT2D eigenvalue weighted by molar-refractivity contribution is 7.93. The van der Waals surface area contributed by atoms with Crippen LogP contribution >= 0.6 is 0 Å². The number of sulfone groups is 1. The van der Waals surface area contributed by atoms with Crippen molar-refractivity contribution in [2.45, 2.75) is 51.5 Å². The number of rotatable bonds is 7. The number of hydrogen-bond donors (Lipinski definition) is 2. The van der Waals surface area contributed by atoms with E-state index in [2.05, 4.69) is 20.1 Å². The average molecular weight is 527 g/mol. The molecule has 1 atom stereocenters. The molecule has 0 saturated carbocycles. The second-order valence-corrected chi connectivity index (χ2v) is 11.8. The van der Waals surface area contributed by atoms with E-state index in [4.69, 9.17) is 0 Å². The summed E-state index contributed by atoms with van der Waals surface area (Å²) in [6, 6.07) is 3.87. The molecule has 1 fully saturated rings. The molecule has 3 aromatic rings. The number of hydrogen-bond acceptors (Lipinski definition) is 7. The molecule has 1 aromatic carbocycles. The highest BCUT2D eigenvalue weighted by atomic mass is 32.2. The van der Waals surface area contributed by atoms with Gasteiger partial charge in [-0.1, -0.05) is 0 Å². The number of alkyl halides is 2. The van der Waals surface area contributed by atoms with Gasteiger partial charge >= 0.3 is 6.61 Å². The van der Waals surface area contributed by atoms with Crippen molar-refractivity contribution in [1.82, 2.24) is 20.1 Å². The molecule has 1 aliphatic heterocycles. The zero-order chi connectivity index (χ0) is 26.6. The molecule has 1 saturated heterocycles. The van der Waals surface area contributed by atoms with Crippen molar-refractivity contribution in [3.63, 3.8) is 0 Å². The first-order valence-electron chi connectivity index (χ1n) is 11.0. The fourth-order valence-corrected chi connectivity index (χ4v) is 6.13. The number of fused-ring (bicyclic) bond motifs is 1. The van der Waals surface area contributed by atoms with Gasteiger partial charge in [0.25, 0.3) is 5.91 Å². The van der Waals surface area contributed by atoms with Crippen molar-refractivity contribution >= 4 is 26.8 Å². The molecule has 0 spiro atoms. The summed E-state index contributed by atoms with van der Waals surface area (Å²) in [6.07, 6.45) is 1.23. The van der Waals surface area contributed by atoms with E-state index in [1.807, 2.05) is 0 Å². The van der Waals surface area contributed by atoms with Crippen molar-refractivity contribution in [2.24, 2.45) is 0 Å². The third-order valence-electron chi connectivity index (χ3n) is 6.11. The molecular formula is C23H25F3N4O5S. The van der Waals surface area contributed by atoms with Crippen molar-refractivity contribution in [1.29, 1.82) is 0 Å². The molecule has 2 N–H and O–H groups in total. The van der Waals surface area contributed by atoms with Gasteiger partial charge in [0, 0.05) is 11.8 Å². The van der Waals surface area contributed by atoms with Crippen LogP contribution in [0.25, 0.3) is 22.3 Å². The van der Waals surface area contributed by atoms with Crippen LogP contribution in [0.3, 0.4) is 0 Å². The lowest BCUT2D eigenvalue weighted by Crippen LogP contribution is -2.63. The number of aliphatic hydroxyl groups is 1. The summed E-state index contributed by atoms with van der Waals surface area (Å²) in [5.41, 5.74) is -1.82. The van der Waals surface area contributed by atoms with Crippen LogP contribution in [0.5, 0.6) is 5.75 Å². The van der Waals surface area contributed by atoms with Gasteiger partial charge in [-0.2, -0.15) is 13.9 Å². The van der Waals surface area contributed by atoms with Gasteiger partial charge < -0.3 is 15.2 Å². The highest BCUT2D eigenvalue weighted by Gasteiger charge is 2.45. The number of carbonyl (C=O) groups is 1. The molecule has 9 nitrogen and oxygen atoms in total. The number of nitrogens with one attached hydrogen (secondary N) is 1. The van der Waals surface area contributed by atoms with E-state index in [9.17, 15) is 31.5 Å². The first kappa shape index (κ1) is 25.9. The van der Waals surface area contributed by atoms with Gasteiger partial charge in [0.1, 0.15) is 22.8 Å². The van der Waals surface area contributed by atoms with E-state index < -0.39 is 45.4 Å². The maximum absolute atomic E-state index is 14.8. The first-order chi connectivity index (χ1) is 16.6. The van der Waals surface area contributed by atoms with Crippen LogP contribution in [0, 0.1) is 5.82 Å². The monoisotopic (exact) mass is 526 g/mol. The Balaban J connectivity index is 1.82. The Kier molecular flexibility index (Phi) is 6.28. The van der Waals surface area contributed by atoms with Crippen molar-refractivity contribution in [3.8, 4) is 17.0 Å². The van der Waals surface area contributed by atoms with Gasteiger partial charge in [-0.05, 0) is 52.0 Å². The van der Waals surface area contributed by atoms with Crippen LogP contribution < -0.4 is 10.1 Å². The Morgan fingerprint density at radius 3 is 2.53 bits per heavy atom. The fourth-order valence-electron chi connectivity index (χ4n) is 4.13. The lowest BCUT2D eigenvalue weighted by Gasteiger charge is -2.38. The fraction of sp³-hybridized carbons (Fsp3) is 0.435. The first-order valence-corrected chi connectivity index (χ1v) is 12.8. The smallest absolute Gasteiger partial charge is 0.387 e. The Bertz CT molecular complexity index is 1440. The summed E-state index contributed by atoms with van der Waals surface area (Å²) < 4.78 is 69.1. The number of aromatic nitrogens is 3. The van der Waals surface area contributed by atoms with Crippen molar-refractivity contribution in [2.75, 3.05) is 11.5 Å². The van der Waals surface area contributed by atoms with Gasteiger partial charge in [-0.25, -0.2) is 12.8 Å². The molecule has 1 unspecified atom stereocenters. The van der Waals surface area contributed by atoms with E-state index in [0.29, 0.717) is 0 Å². The second kappa shape index (κ2) is 8.73. The van der Waals surface area contributed by atoms with Gasteiger partial charge in [-0.3, -0.25) is 14.5 Å². The standard InChI is InChI=1S/C23H25F3N4O5S/c1-12(22(2,3)32)30-17-7-13(20(31)28-23(4)10-36(33,34)11-23)9-27-19(17)18(29-30)15-8-14(35-21(25)26)5-6-16(15)24/h5-9,12,21,32H,10-11H2,1-4H3,(H,28,31). The summed E-state index contributed by atoms with van der Waals surface area (Å²) in [6.45, 7) is 3.26. The number of ether oxygens (including phenoxy) is 1. The zero-order valence-electron chi connectivity index (χ0n) is 19.9. The number of pyridine rings is 1. The lowest BCUT2D eigenvalue weighted by atomic mass is 10.0. The molecule has 1 aliphatic rings. The Morgan fingerprint density at radius 1 is 1.28 bits per heavy atom. The van der Waals surface area contributed by atoms with Crippen LogP contribution in [-0.4, -0.2) is 63.5 Å². The number of carbonyl (C=O) groups excluding carboxylic acids is 1. The molecule has 13 heteroatoms. The van der Waals surface area contributed by atoms with E-state index >= 15 is 0 Å². The minimum absolute atomic E-state index is 0.00215. The minimum Gasteiger partial charge on any atom is -0.435 e. The molecule has 0 radical (unpaired) electrons. The van der Waals surface area contributed by atoms with Crippen molar-refractivity contribution in [3.05, 3.63) is 41.8 Å². The third kappa shape index (κ3) is 5.03. The summed E-state index contributed by atoms with van der Waals surface area (Å²) in [4.78, 5) is 17.2. The second-order valence-electron chi connectivity index (χ2n) is 9.78. The third-order valence-corrected chi connectivity index (χ3v) is 8.26. The molecular weight excluding hydrogens is 501 g/mol. The van der Waals surface area contributed by atoms with Crippen molar-refractivity contribution < 1.29 is 36.2 Å². The van der Waals surface area contributed by atoms with Crippen LogP contribution in [0.2, 0.25) is 0 Å².